The summed E-state index contributed by atoms with van der Waals surface area (Å²) >= 11 is 0. The Kier molecular flexibility index (Phi) is 7.86. The molecular weight excluding hydrogens is 371 g/mol. The molecule has 160 valence electrons. The first-order chi connectivity index (χ1) is 14.1. The third kappa shape index (κ3) is 5.92. The molecule has 1 aliphatic heterocycles. The van der Waals surface area contributed by atoms with Gasteiger partial charge in [-0.1, -0.05) is 18.9 Å². The van der Waals surface area contributed by atoms with Gasteiger partial charge in [-0.2, -0.15) is 0 Å². The van der Waals surface area contributed by atoms with E-state index in [9.17, 15) is 9.18 Å². The van der Waals surface area contributed by atoms with Gasteiger partial charge >= 0.3 is 0 Å². The molecule has 1 amide bonds. The Hall–Kier alpha value is -2.15. The number of carbonyl (C=O) groups excluding carboxylic acids is 1. The second-order valence-corrected chi connectivity index (χ2v) is 7.95. The molecule has 1 aromatic rings. The molecule has 1 atom stereocenters. The van der Waals surface area contributed by atoms with Crippen LogP contribution in [0.15, 0.2) is 23.2 Å². The van der Waals surface area contributed by atoms with Gasteiger partial charge in [0.2, 0.25) is 5.91 Å². The minimum absolute atomic E-state index is 0.204. The van der Waals surface area contributed by atoms with E-state index in [1.165, 1.54) is 18.9 Å². The second kappa shape index (κ2) is 10.6. The Morgan fingerprint density at radius 1 is 1.31 bits per heavy atom. The van der Waals surface area contributed by atoms with E-state index in [-0.39, 0.29) is 24.4 Å². The minimum atomic E-state index is -0.261. The van der Waals surface area contributed by atoms with E-state index in [1.807, 2.05) is 11.8 Å². The molecule has 2 aliphatic rings. The molecule has 29 heavy (non-hydrogen) atoms. The summed E-state index contributed by atoms with van der Waals surface area (Å²) in [6.45, 7) is 5.01. The van der Waals surface area contributed by atoms with Crippen LogP contribution in [0.2, 0.25) is 0 Å². The molecule has 1 aromatic carbocycles. The summed E-state index contributed by atoms with van der Waals surface area (Å²) < 4.78 is 18.8. The Balaban J connectivity index is 1.57. The Bertz CT molecular complexity index is 719. The molecule has 0 aromatic heterocycles. The number of methoxy groups -OCH3 is 1. The minimum Gasteiger partial charge on any atom is -0.380 e. The number of amides is 1. The van der Waals surface area contributed by atoms with E-state index in [2.05, 4.69) is 15.6 Å². The summed E-state index contributed by atoms with van der Waals surface area (Å²) in [5, 5.41) is 6.73. The van der Waals surface area contributed by atoms with E-state index < -0.39 is 0 Å². The van der Waals surface area contributed by atoms with Crippen LogP contribution in [0, 0.1) is 11.7 Å². The first-order valence-corrected chi connectivity index (χ1v) is 10.7. The zero-order valence-electron chi connectivity index (χ0n) is 17.5. The van der Waals surface area contributed by atoms with Crippen molar-refractivity contribution in [3.8, 4) is 0 Å². The van der Waals surface area contributed by atoms with Crippen molar-refractivity contribution in [1.82, 2.24) is 15.5 Å². The van der Waals surface area contributed by atoms with Crippen molar-refractivity contribution in [3.05, 3.63) is 35.1 Å². The number of hydrogen-bond donors (Lipinski definition) is 2. The van der Waals surface area contributed by atoms with Crippen LogP contribution < -0.4 is 10.6 Å². The third-order valence-electron chi connectivity index (χ3n) is 5.72. The summed E-state index contributed by atoms with van der Waals surface area (Å²) in [6.07, 6.45) is 5.37. The maximum Gasteiger partial charge on any atom is 0.225 e. The molecule has 2 N–H and O–H groups in total. The van der Waals surface area contributed by atoms with Gasteiger partial charge in [-0.3, -0.25) is 4.79 Å². The molecule has 2 fully saturated rings. The van der Waals surface area contributed by atoms with Crippen LogP contribution in [0.25, 0.3) is 0 Å². The molecule has 1 unspecified atom stereocenters. The van der Waals surface area contributed by atoms with Crippen LogP contribution in [-0.4, -0.2) is 49.6 Å². The SMILES string of the molecule is CCNC(=NCc1ccc(F)c(COC)c1)NC1CCN(C(=O)C2CCCC2)C1. The van der Waals surface area contributed by atoms with E-state index in [0.717, 1.165) is 50.4 Å². The van der Waals surface area contributed by atoms with Crippen LogP contribution in [-0.2, 0) is 22.7 Å². The molecule has 1 saturated carbocycles. The van der Waals surface area contributed by atoms with Crippen LogP contribution in [0.3, 0.4) is 0 Å². The lowest BCUT2D eigenvalue weighted by Gasteiger charge is -2.21. The van der Waals surface area contributed by atoms with Crippen molar-refractivity contribution in [3.63, 3.8) is 0 Å². The summed E-state index contributed by atoms with van der Waals surface area (Å²) in [4.78, 5) is 19.3. The van der Waals surface area contributed by atoms with Gasteiger partial charge in [0.25, 0.3) is 0 Å². The number of guanidine groups is 1. The fourth-order valence-corrected chi connectivity index (χ4v) is 4.19. The zero-order chi connectivity index (χ0) is 20.6. The molecular formula is C22H33FN4O2. The summed E-state index contributed by atoms with van der Waals surface area (Å²) in [6, 6.07) is 5.21. The third-order valence-corrected chi connectivity index (χ3v) is 5.72. The van der Waals surface area contributed by atoms with Crippen LogP contribution >= 0.6 is 0 Å². The summed E-state index contributed by atoms with van der Waals surface area (Å²) in [7, 11) is 1.56. The quantitative estimate of drug-likeness (QED) is 0.542. The Morgan fingerprint density at radius 3 is 2.83 bits per heavy atom. The summed E-state index contributed by atoms with van der Waals surface area (Å²) in [5.74, 6) is 1.02. The number of nitrogens with zero attached hydrogens (tertiary/aromatic N) is 2. The fourth-order valence-electron chi connectivity index (χ4n) is 4.19. The summed E-state index contributed by atoms with van der Waals surface area (Å²) in [5.41, 5.74) is 1.47. The van der Waals surface area contributed by atoms with E-state index in [1.54, 1.807) is 19.2 Å². The number of ether oxygens (including phenoxy) is 1. The average Bonchev–Trinajstić information content (AvgIpc) is 3.40. The lowest BCUT2D eigenvalue weighted by molar-refractivity contribution is -0.134. The van der Waals surface area contributed by atoms with Crippen LogP contribution in [0.4, 0.5) is 4.39 Å². The molecule has 3 rings (SSSR count). The monoisotopic (exact) mass is 404 g/mol. The highest BCUT2D eigenvalue weighted by atomic mass is 19.1. The highest BCUT2D eigenvalue weighted by Crippen LogP contribution is 2.27. The highest BCUT2D eigenvalue weighted by molar-refractivity contribution is 5.81. The van der Waals surface area contributed by atoms with Gasteiger partial charge in [0, 0.05) is 44.3 Å². The molecule has 0 spiro atoms. The van der Waals surface area contributed by atoms with Crippen molar-refractivity contribution in [2.24, 2.45) is 10.9 Å². The van der Waals surface area contributed by atoms with Gasteiger partial charge in [0.05, 0.1) is 13.2 Å². The number of carbonyl (C=O) groups is 1. The smallest absolute Gasteiger partial charge is 0.225 e. The van der Waals surface area contributed by atoms with Crippen molar-refractivity contribution < 1.29 is 13.9 Å². The molecule has 0 bridgehead atoms. The van der Waals surface area contributed by atoms with Gasteiger partial charge in [0.1, 0.15) is 5.82 Å². The zero-order valence-corrected chi connectivity index (χ0v) is 17.5. The first kappa shape index (κ1) is 21.6. The van der Waals surface area contributed by atoms with E-state index in [4.69, 9.17) is 4.74 Å². The van der Waals surface area contributed by atoms with Gasteiger partial charge < -0.3 is 20.3 Å². The van der Waals surface area contributed by atoms with E-state index in [0.29, 0.717) is 18.0 Å². The number of benzene rings is 1. The predicted octanol–water partition coefficient (Wildman–Crippen LogP) is 2.82. The molecule has 6 nitrogen and oxygen atoms in total. The van der Waals surface area contributed by atoms with Gasteiger partial charge in [-0.25, -0.2) is 9.38 Å². The number of rotatable bonds is 7. The number of nitrogens with one attached hydrogen (secondary N) is 2. The number of halogens is 1. The molecule has 1 heterocycles. The van der Waals surface area contributed by atoms with Gasteiger partial charge in [0.15, 0.2) is 5.96 Å². The van der Waals surface area contributed by atoms with E-state index >= 15 is 0 Å². The van der Waals surface area contributed by atoms with Crippen molar-refractivity contribution in [2.45, 2.75) is 58.2 Å². The second-order valence-electron chi connectivity index (χ2n) is 7.95. The van der Waals surface area contributed by atoms with Gasteiger partial charge in [-0.05, 0) is 43.9 Å². The predicted molar refractivity (Wildman–Crippen MR) is 112 cm³/mol. The largest absolute Gasteiger partial charge is 0.380 e. The topological polar surface area (TPSA) is 66.0 Å². The molecule has 7 heteroatoms. The van der Waals surface area contributed by atoms with Crippen molar-refractivity contribution in [2.75, 3.05) is 26.7 Å². The van der Waals surface area contributed by atoms with Crippen LogP contribution in [0.5, 0.6) is 0 Å². The van der Waals surface area contributed by atoms with Crippen molar-refractivity contribution in [1.29, 1.82) is 0 Å². The first-order valence-electron chi connectivity index (χ1n) is 10.7. The van der Waals surface area contributed by atoms with Gasteiger partial charge in [-0.15, -0.1) is 0 Å². The standard InChI is InChI=1S/C22H33FN4O2/c1-3-24-22(25-13-16-8-9-20(23)18(12-16)15-29-2)26-19-10-11-27(14-19)21(28)17-6-4-5-7-17/h8-9,12,17,19H,3-7,10-11,13-15H2,1-2H3,(H2,24,25,26). The maximum absolute atomic E-state index is 13.8. The maximum atomic E-state index is 13.8. The lowest BCUT2D eigenvalue weighted by atomic mass is 10.1. The number of aliphatic imine (C=N–C) groups is 1. The van der Waals surface area contributed by atoms with Crippen LogP contribution in [0.1, 0.15) is 50.2 Å². The Labute approximate surface area is 172 Å². The number of hydrogen-bond acceptors (Lipinski definition) is 3. The molecule has 1 aliphatic carbocycles. The van der Waals surface area contributed by atoms with Crippen molar-refractivity contribution >= 4 is 11.9 Å². The lowest BCUT2D eigenvalue weighted by Crippen LogP contribution is -2.45. The fraction of sp³-hybridized carbons (Fsp3) is 0.636. The highest BCUT2D eigenvalue weighted by Gasteiger charge is 2.32. The average molecular weight is 405 g/mol. The number of likely N-dealkylation sites (tertiary alicyclic amines) is 1. The normalized spacial score (nSPS) is 20.3. The molecule has 0 radical (unpaired) electrons. The molecule has 1 saturated heterocycles. The Morgan fingerprint density at radius 2 is 2.10 bits per heavy atom.